The van der Waals surface area contributed by atoms with Crippen LogP contribution in [0.15, 0.2) is 59.1 Å². The molecule has 172 valence electrons. The molecule has 0 aliphatic carbocycles. The zero-order chi connectivity index (χ0) is 22.8. The maximum atomic E-state index is 6.41. The molecule has 2 aliphatic rings. The lowest BCUT2D eigenvalue weighted by Crippen LogP contribution is -2.42. The van der Waals surface area contributed by atoms with Crippen LogP contribution in [0.4, 0.5) is 0 Å². The molecular weight excluding hydrogens is 456 g/mol. The Kier molecular flexibility index (Phi) is 6.64. The van der Waals surface area contributed by atoms with Gasteiger partial charge in [0, 0.05) is 43.0 Å². The average molecular weight is 483 g/mol. The van der Waals surface area contributed by atoms with Crippen LogP contribution in [0.2, 0.25) is 5.02 Å². The maximum Gasteiger partial charge on any atom is 0.170 e. The van der Waals surface area contributed by atoms with Gasteiger partial charge in [-0.2, -0.15) is 0 Å². The first-order valence-corrected chi connectivity index (χ1v) is 12.0. The number of pyridine rings is 1. The molecule has 6 nitrogen and oxygen atoms in total. The van der Waals surface area contributed by atoms with Crippen LogP contribution in [-0.2, 0) is 4.74 Å². The fourth-order valence-corrected chi connectivity index (χ4v) is 4.95. The van der Waals surface area contributed by atoms with E-state index in [9.17, 15) is 0 Å². The number of thiocarbonyl (C=S) groups is 1. The van der Waals surface area contributed by atoms with Crippen LogP contribution in [0.1, 0.15) is 29.1 Å². The van der Waals surface area contributed by atoms with Gasteiger partial charge in [-0.15, -0.1) is 0 Å². The molecule has 1 N–H and O–H groups in total. The topological polar surface area (TPSA) is 53.8 Å². The van der Waals surface area contributed by atoms with Gasteiger partial charge in [0.1, 0.15) is 17.6 Å². The molecule has 2 aliphatic heterocycles. The summed E-state index contributed by atoms with van der Waals surface area (Å²) in [5.74, 6) is 1.64. The molecule has 0 saturated carbocycles. The van der Waals surface area contributed by atoms with E-state index in [1.54, 1.807) is 0 Å². The minimum Gasteiger partial charge on any atom is -0.459 e. The standard InChI is InChI=1S/C25H27ClN4O2S/c1-17-5-6-18(16-19(17)26)21-7-8-22(32-21)24-23(20-4-2-3-9-27-20)28-25(33)30(24)11-10-29-12-14-31-15-13-29/h2-9,16,23-24H,10-15H2,1H3,(H,28,33). The number of benzene rings is 1. The second-order valence-corrected chi connectivity index (χ2v) is 9.23. The Balaban J connectivity index is 1.45. The molecular formula is C25H27ClN4O2S. The monoisotopic (exact) mass is 482 g/mol. The maximum absolute atomic E-state index is 6.41. The number of hydrogen-bond donors (Lipinski definition) is 1. The second kappa shape index (κ2) is 9.81. The first-order valence-electron chi connectivity index (χ1n) is 11.2. The third kappa shape index (κ3) is 4.77. The molecule has 2 fully saturated rings. The molecule has 33 heavy (non-hydrogen) atoms. The van der Waals surface area contributed by atoms with Crippen LogP contribution < -0.4 is 5.32 Å². The lowest BCUT2D eigenvalue weighted by atomic mass is 10.0. The summed E-state index contributed by atoms with van der Waals surface area (Å²) < 4.78 is 11.9. The van der Waals surface area contributed by atoms with Crippen molar-refractivity contribution in [2.24, 2.45) is 0 Å². The van der Waals surface area contributed by atoms with Crippen LogP contribution in [0.25, 0.3) is 11.3 Å². The third-order valence-corrected chi connectivity index (χ3v) is 7.09. The summed E-state index contributed by atoms with van der Waals surface area (Å²) in [6.07, 6.45) is 1.81. The molecule has 5 rings (SSSR count). The van der Waals surface area contributed by atoms with E-state index in [2.05, 4.69) is 20.1 Å². The molecule has 0 bridgehead atoms. The van der Waals surface area contributed by atoms with E-state index in [0.717, 1.165) is 77.9 Å². The summed E-state index contributed by atoms with van der Waals surface area (Å²) in [7, 11) is 0. The first-order chi connectivity index (χ1) is 16.1. The molecule has 2 saturated heterocycles. The molecule has 0 radical (unpaired) electrons. The molecule has 2 unspecified atom stereocenters. The highest BCUT2D eigenvalue weighted by atomic mass is 35.5. The Bertz CT molecular complexity index is 1120. The van der Waals surface area contributed by atoms with Gasteiger partial charge in [-0.25, -0.2) is 0 Å². The van der Waals surface area contributed by atoms with E-state index in [1.807, 2.05) is 61.7 Å². The van der Waals surface area contributed by atoms with E-state index in [-0.39, 0.29) is 12.1 Å². The molecule has 1 aromatic carbocycles. The van der Waals surface area contributed by atoms with Gasteiger partial charge < -0.3 is 19.4 Å². The average Bonchev–Trinajstić information content (AvgIpc) is 3.45. The number of halogens is 1. The Morgan fingerprint density at radius 1 is 1.12 bits per heavy atom. The van der Waals surface area contributed by atoms with Crippen LogP contribution in [0.3, 0.4) is 0 Å². The van der Waals surface area contributed by atoms with Crippen LogP contribution in [0.5, 0.6) is 0 Å². The number of nitrogens with zero attached hydrogens (tertiary/aromatic N) is 3. The van der Waals surface area contributed by atoms with Gasteiger partial charge in [0.25, 0.3) is 0 Å². The summed E-state index contributed by atoms with van der Waals surface area (Å²) >= 11 is 12.1. The zero-order valence-corrected chi connectivity index (χ0v) is 20.1. The van der Waals surface area contributed by atoms with Gasteiger partial charge in [0.15, 0.2) is 5.11 Å². The molecule has 3 aromatic rings. The van der Waals surface area contributed by atoms with Crippen LogP contribution >= 0.6 is 23.8 Å². The number of hydrogen-bond acceptors (Lipinski definition) is 5. The number of rotatable bonds is 6. The molecule has 2 atom stereocenters. The molecule has 8 heteroatoms. The summed E-state index contributed by atoms with van der Waals surface area (Å²) in [6.45, 7) is 7.16. The van der Waals surface area contributed by atoms with E-state index >= 15 is 0 Å². The predicted octanol–water partition coefficient (Wildman–Crippen LogP) is 4.61. The van der Waals surface area contributed by atoms with Crippen molar-refractivity contribution < 1.29 is 9.15 Å². The lowest BCUT2D eigenvalue weighted by molar-refractivity contribution is 0.0347. The third-order valence-electron chi connectivity index (χ3n) is 6.33. The largest absolute Gasteiger partial charge is 0.459 e. The molecule has 0 spiro atoms. The number of aromatic nitrogens is 1. The first kappa shape index (κ1) is 22.3. The van der Waals surface area contributed by atoms with E-state index < -0.39 is 0 Å². The van der Waals surface area contributed by atoms with Crippen molar-refractivity contribution in [1.82, 2.24) is 20.1 Å². The van der Waals surface area contributed by atoms with Crippen molar-refractivity contribution in [3.05, 3.63) is 76.8 Å². The zero-order valence-electron chi connectivity index (χ0n) is 18.5. The number of morpholine rings is 1. The fraction of sp³-hybridized carbons (Fsp3) is 0.360. The highest BCUT2D eigenvalue weighted by Gasteiger charge is 2.41. The van der Waals surface area contributed by atoms with Crippen molar-refractivity contribution >= 4 is 28.9 Å². The van der Waals surface area contributed by atoms with Crippen molar-refractivity contribution in [2.45, 2.75) is 19.0 Å². The van der Waals surface area contributed by atoms with Crippen molar-refractivity contribution in [2.75, 3.05) is 39.4 Å². The van der Waals surface area contributed by atoms with Crippen molar-refractivity contribution in [3.8, 4) is 11.3 Å². The van der Waals surface area contributed by atoms with Gasteiger partial charge >= 0.3 is 0 Å². The fourth-order valence-electron chi connectivity index (χ4n) is 4.44. The quantitative estimate of drug-likeness (QED) is 0.515. The summed E-state index contributed by atoms with van der Waals surface area (Å²) in [4.78, 5) is 9.25. The van der Waals surface area contributed by atoms with E-state index in [0.29, 0.717) is 0 Å². The Morgan fingerprint density at radius 2 is 1.97 bits per heavy atom. The normalized spacial score (nSPS) is 21.4. The summed E-state index contributed by atoms with van der Waals surface area (Å²) in [6, 6.07) is 15.8. The van der Waals surface area contributed by atoms with Crippen LogP contribution in [-0.4, -0.2) is 59.3 Å². The molecule has 0 amide bonds. The van der Waals surface area contributed by atoms with Gasteiger partial charge in [0.2, 0.25) is 0 Å². The summed E-state index contributed by atoms with van der Waals surface area (Å²) in [5.41, 5.74) is 2.94. The summed E-state index contributed by atoms with van der Waals surface area (Å²) in [5, 5.41) is 4.94. The van der Waals surface area contributed by atoms with Gasteiger partial charge in [-0.3, -0.25) is 9.88 Å². The van der Waals surface area contributed by atoms with E-state index in [1.165, 1.54) is 0 Å². The SMILES string of the molecule is Cc1ccc(-c2ccc(C3C(c4ccccn4)NC(=S)N3CCN3CCOCC3)o2)cc1Cl. The number of aryl methyl sites for hydroxylation is 1. The minimum absolute atomic E-state index is 0.0935. The minimum atomic E-state index is -0.0943. The Labute approximate surface area is 204 Å². The van der Waals surface area contributed by atoms with Crippen molar-refractivity contribution in [3.63, 3.8) is 0 Å². The highest BCUT2D eigenvalue weighted by molar-refractivity contribution is 7.80. The lowest BCUT2D eigenvalue weighted by Gasteiger charge is -2.31. The van der Waals surface area contributed by atoms with Crippen molar-refractivity contribution in [1.29, 1.82) is 0 Å². The smallest absolute Gasteiger partial charge is 0.170 e. The second-order valence-electron chi connectivity index (χ2n) is 8.44. The number of ether oxygens (including phenoxy) is 1. The van der Waals surface area contributed by atoms with Gasteiger partial charge in [-0.1, -0.05) is 29.8 Å². The highest BCUT2D eigenvalue weighted by Crippen LogP contribution is 2.40. The Hall–Kier alpha value is -2.45. The Morgan fingerprint density at radius 3 is 2.73 bits per heavy atom. The number of nitrogens with one attached hydrogen (secondary N) is 1. The predicted molar refractivity (Wildman–Crippen MR) is 133 cm³/mol. The van der Waals surface area contributed by atoms with Gasteiger partial charge in [-0.05, 0) is 55.0 Å². The number of furan rings is 1. The molecule has 4 heterocycles. The molecule has 2 aromatic heterocycles. The van der Waals surface area contributed by atoms with Crippen LogP contribution in [0, 0.1) is 6.92 Å². The van der Waals surface area contributed by atoms with E-state index in [4.69, 9.17) is 33.0 Å². The van der Waals surface area contributed by atoms with Gasteiger partial charge in [0.05, 0.1) is 24.9 Å².